The summed E-state index contributed by atoms with van der Waals surface area (Å²) < 4.78 is 10.5. The Hall–Kier alpha value is -3.52. The smallest absolute Gasteiger partial charge is 0.261 e. The number of nitrogens with zero attached hydrogens (tertiary/aromatic N) is 2. The SMILES string of the molecule is COc1ccc(OC)c(NC(=O)CN2C(=O)c3cccnc3Sc3ccccc32)c1. The van der Waals surface area contributed by atoms with Gasteiger partial charge in [-0.1, -0.05) is 23.9 Å². The lowest BCUT2D eigenvalue weighted by atomic mass is 10.2. The second-order valence-electron chi connectivity index (χ2n) is 6.43. The van der Waals surface area contributed by atoms with E-state index < -0.39 is 0 Å². The zero-order valence-electron chi connectivity index (χ0n) is 16.4. The molecular weight excluding hydrogens is 402 g/mol. The van der Waals surface area contributed by atoms with Crippen LogP contribution in [-0.2, 0) is 4.79 Å². The number of rotatable bonds is 5. The predicted molar refractivity (Wildman–Crippen MR) is 115 cm³/mol. The lowest BCUT2D eigenvalue weighted by Crippen LogP contribution is -2.38. The highest BCUT2D eigenvalue weighted by molar-refractivity contribution is 7.99. The fourth-order valence-corrected chi connectivity index (χ4v) is 4.18. The highest BCUT2D eigenvalue weighted by Crippen LogP contribution is 2.40. The number of anilines is 2. The van der Waals surface area contributed by atoms with Gasteiger partial charge in [-0.05, 0) is 36.4 Å². The van der Waals surface area contributed by atoms with Gasteiger partial charge in [0, 0.05) is 17.2 Å². The van der Waals surface area contributed by atoms with Crippen LogP contribution in [0.5, 0.6) is 11.5 Å². The maximum Gasteiger partial charge on any atom is 0.261 e. The van der Waals surface area contributed by atoms with Gasteiger partial charge in [-0.2, -0.15) is 0 Å². The minimum atomic E-state index is -0.359. The van der Waals surface area contributed by atoms with Gasteiger partial charge in [0.1, 0.15) is 23.1 Å². The van der Waals surface area contributed by atoms with Crippen molar-refractivity contribution in [3.8, 4) is 11.5 Å². The minimum absolute atomic E-state index is 0.162. The number of carbonyl (C=O) groups excluding carboxylic acids is 2. The second-order valence-corrected chi connectivity index (χ2v) is 7.46. The molecule has 0 atom stereocenters. The fraction of sp³-hybridized carbons (Fsp3) is 0.136. The van der Waals surface area contributed by atoms with Gasteiger partial charge < -0.3 is 14.8 Å². The summed E-state index contributed by atoms with van der Waals surface area (Å²) in [6, 6.07) is 16.0. The van der Waals surface area contributed by atoms with Crippen molar-refractivity contribution >= 4 is 35.0 Å². The van der Waals surface area contributed by atoms with Crippen LogP contribution in [0, 0.1) is 0 Å². The van der Waals surface area contributed by atoms with E-state index in [2.05, 4.69) is 10.3 Å². The summed E-state index contributed by atoms with van der Waals surface area (Å²) in [6.07, 6.45) is 1.65. The molecule has 1 N–H and O–H groups in total. The Morgan fingerprint density at radius 3 is 2.73 bits per heavy atom. The number of hydrogen-bond acceptors (Lipinski definition) is 6. The molecule has 1 aliphatic rings. The van der Waals surface area contributed by atoms with E-state index in [0.717, 1.165) is 4.90 Å². The number of aromatic nitrogens is 1. The van der Waals surface area contributed by atoms with Crippen molar-refractivity contribution in [3.05, 3.63) is 66.4 Å². The van der Waals surface area contributed by atoms with Crippen molar-refractivity contribution in [3.63, 3.8) is 0 Å². The lowest BCUT2D eigenvalue weighted by molar-refractivity contribution is -0.114. The number of pyridine rings is 1. The van der Waals surface area contributed by atoms with Crippen LogP contribution in [0.3, 0.4) is 0 Å². The normalized spacial score (nSPS) is 12.5. The van der Waals surface area contributed by atoms with Crippen LogP contribution in [0.4, 0.5) is 11.4 Å². The maximum absolute atomic E-state index is 13.3. The molecule has 2 aromatic carbocycles. The summed E-state index contributed by atoms with van der Waals surface area (Å²) in [5.74, 6) is 0.445. The van der Waals surface area contributed by atoms with Crippen LogP contribution < -0.4 is 19.7 Å². The van der Waals surface area contributed by atoms with Crippen molar-refractivity contribution < 1.29 is 19.1 Å². The number of fused-ring (bicyclic) bond motifs is 2. The summed E-state index contributed by atoms with van der Waals surface area (Å²) in [5, 5.41) is 3.44. The monoisotopic (exact) mass is 421 g/mol. The molecule has 0 fully saturated rings. The number of para-hydroxylation sites is 1. The van der Waals surface area contributed by atoms with Gasteiger partial charge >= 0.3 is 0 Å². The van der Waals surface area contributed by atoms with E-state index in [1.165, 1.54) is 23.8 Å². The van der Waals surface area contributed by atoms with Gasteiger partial charge in [0.25, 0.3) is 5.91 Å². The van der Waals surface area contributed by atoms with E-state index in [0.29, 0.717) is 33.5 Å². The number of ether oxygens (including phenoxy) is 2. The molecule has 0 bridgehead atoms. The number of nitrogens with one attached hydrogen (secondary N) is 1. The summed E-state index contributed by atoms with van der Waals surface area (Å²) in [6.45, 7) is -0.162. The topological polar surface area (TPSA) is 80.8 Å². The molecule has 2 amide bonds. The number of hydrogen-bond donors (Lipinski definition) is 1. The Bertz CT molecular complexity index is 1120. The molecule has 1 aromatic heterocycles. The molecule has 4 rings (SSSR count). The van der Waals surface area contributed by atoms with E-state index in [1.807, 2.05) is 24.3 Å². The first kappa shape index (κ1) is 19.8. The van der Waals surface area contributed by atoms with Gasteiger partial charge in [-0.25, -0.2) is 4.98 Å². The fourth-order valence-electron chi connectivity index (χ4n) is 3.16. The number of benzene rings is 2. The molecule has 7 nitrogen and oxygen atoms in total. The molecule has 2 heterocycles. The molecular formula is C22H19N3O4S. The molecule has 0 aliphatic carbocycles. The van der Waals surface area contributed by atoms with Crippen LogP contribution in [0.25, 0.3) is 0 Å². The van der Waals surface area contributed by atoms with Gasteiger partial charge in [-0.3, -0.25) is 14.5 Å². The number of amides is 2. The first-order valence-corrected chi connectivity index (χ1v) is 9.98. The molecule has 152 valence electrons. The Morgan fingerprint density at radius 2 is 1.93 bits per heavy atom. The number of carbonyl (C=O) groups is 2. The average molecular weight is 421 g/mol. The Morgan fingerprint density at radius 1 is 1.10 bits per heavy atom. The standard InChI is InChI=1S/C22H19N3O4S/c1-28-14-9-10-18(29-2)16(12-14)24-20(26)13-25-17-7-3-4-8-19(17)30-21-15(22(25)27)6-5-11-23-21/h3-12H,13H2,1-2H3,(H,24,26). The van der Waals surface area contributed by atoms with Crippen molar-refractivity contribution in [1.82, 2.24) is 4.98 Å². The molecule has 0 saturated heterocycles. The summed E-state index contributed by atoms with van der Waals surface area (Å²) in [7, 11) is 3.07. The minimum Gasteiger partial charge on any atom is -0.497 e. The lowest BCUT2D eigenvalue weighted by Gasteiger charge is -2.22. The van der Waals surface area contributed by atoms with E-state index >= 15 is 0 Å². The van der Waals surface area contributed by atoms with E-state index in [-0.39, 0.29) is 18.4 Å². The molecule has 0 unspecified atom stereocenters. The average Bonchev–Trinajstić information content (AvgIpc) is 2.88. The maximum atomic E-state index is 13.3. The van der Waals surface area contributed by atoms with Crippen LogP contribution >= 0.6 is 11.8 Å². The molecule has 0 saturated carbocycles. The highest BCUT2D eigenvalue weighted by Gasteiger charge is 2.29. The van der Waals surface area contributed by atoms with Crippen LogP contribution in [0.15, 0.2) is 70.7 Å². The Balaban J connectivity index is 1.65. The van der Waals surface area contributed by atoms with E-state index in [4.69, 9.17) is 9.47 Å². The largest absolute Gasteiger partial charge is 0.497 e. The predicted octanol–water partition coefficient (Wildman–Crippen LogP) is 3.85. The molecule has 0 radical (unpaired) electrons. The Kier molecular flexibility index (Phi) is 5.58. The molecule has 3 aromatic rings. The molecule has 30 heavy (non-hydrogen) atoms. The summed E-state index contributed by atoms with van der Waals surface area (Å²) in [5.41, 5.74) is 1.59. The quantitative estimate of drug-likeness (QED) is 0.674. The zero-order chi connectivity index (χ0) is 21.1. The van der Waals surface area contributed by atoms with Crippen molar-refractivity contribution in [1.29, 1.82) is 0 Å². The van der Waals surface area contributed by atoms with Gasteiger partial charge in [0.05, 0.1) is 31.2 Å². The third kappa shape index (κ3) is 3.81. The van der Waals surface area contributed by atoms with Crippen LogP contribution in [0.1, 0.15) is 10.4 Å². The van der Waals surface area contributed by atoms with Gasteiger partial charge in [0.15, 0.2) is 0 Å². The summed E-state index contributed by atoms with van der Waals surface area (Å²) >= 11 is 1.41. The molecule has 1 aliphatic heterocycles. The van der Waals surface area contributed by atoms with Crippen LogP contribution in [-0.4, -0.2) is 37.6 Å². The highest BCUT2D eigenvalue weighted by atomic mass is 32.2. The molecule has 0 spiro atoms. The third-order valence-corrected chi connectivity index (χ3v) is 5.68. The van der Waals surface area contributed by atoms with Crippen molar-refractivity contribution in [2.45, 2.75) is 9.92 Å². The third-order valence-electron chi connectivity index (χ3n) is 4.59. The van der Waals surface area contributed by atoms with Crippen molar-refractivity contribution in [2.75, 3.05) is 31.0 Å². The van der Waals surface area contributed by atoms with Crippen molar-refractivity contribution in [2.24, 2.45) is 0 Å². The van der Waals surface area contributed by atoms with Gasteiger partial charge in [0.2, 0.25) is 5.91 Å². The van der Waals surface area contributed by atoms with E-state index in [9.17, 15) is 9.59 Å². The number of methoxy groups -OCH3 is 2. The van der Waals surface area contributed by atoms with E-state index in [1.54, 1.807) is 43.6 Å². The first-order valence-electron chi connectivity index (χ1n) is 9.16. The van der Waals surface area contributed by atoms with Crippen LogP contribution in [0.2, 0.25) is 0 Å². The molecule has 8 heteroatoms. The Labute approximate surface area is 178 Å². The second kappa shape index (κ2) is 8.46. The van der Waals surface area contributed by atoms with Gasteiger partial charge in [-0.15, -0.1) is 0 Å². The zero-order valence-corrected chi connectivity index (χ0v) is 17.2. The first-order chi connectivity index (χ1) is 14.6. The summed E-state index contributed by atoms with van der Waals surface area (Å²) in [4.78, 5) is 32.8.